The van der Waals surface area contributed by atoms with Crippen LogP contribution in [-0.2, 0) is 4.79 Å². The SMILES string of the molecule is CC(NC(=O)CSC(c1ccc(F)cc1)c1ccc(F)cc1)c1ccncc1. The van der Waals surface area contributed by atoms with Gasteiger partial charge in [0, 0.05) is 12.4 Å². The zero-order valence-electron chi connectivity index (χ0n) is 15.3. The lowest BCUT2D eigenvalue weighted by Crippen LogP contribution is -2.28. The molecule has 1 amide bonds. The highest BCUT2D eigenvalue weighted by Gasteiger charge is 2.18. The predicted octanol–water partition coefficient (Wildman–Crippen LogP) is 5.06. The van der Waals surface area contributed by atoms with Crippen molar-refractivity contribution in [2.75, 3.05) is 5.75 Å². The van der Waals surface area contributed by atoms with E-state index in [0.29, 0.717) is 0 Å². The maximum absolute atomic E-state index is 13.3. The maximum Gasteiger partial charge on any atom is 0.230 e. The van der Waals surface area contributed by atoms with Crippen molar-refractivity contribution in [3.8, 4) is 0 Å². The molecule has 0 aliphatic heterocycles. The molecule has 0 spiro atoms. The topological polar surface area (TPSA) is 42.0 Å². The molecule has 2 aromatic carbocycles. The summed E-state index contributed by atoms with van der Waals surface area (Å²) >= 11 is 1.42. The van der Waals surface area contributed by atoms with Crippen LogP contribution in [0.25, 0.3) is 0 Å². The molecule has 1 heterocycles. The number of nitrogens with one attached hydrogen (secondary N) is 1. The summed E-state index contributed by atoms with van der Waals surface area (Å²) in [7, 11) is 0. The number of carbonyl (C=O) groups excluding carboxylic acids is 1. The van der Waals surface area contributed by atoms with E-state index in [1.165, 1.54) is 36.0 Å². The molecule has 1 N–H and O–H groups in total. The number of hydrogen-bond donors (Lipinski definition) is 1. The number of thioether (sulfide) groups is 1. The lowest BCUT2D eigenvalue weighted by Gasteiger charge is -2.19. The first-order valence-electron chi connectivity index (χ1n) is 8.85. The molecule has 1 unspecified atom stereocenters. The van der Waals surface area contributed by atoms with Crippen molar-refractivity contribution in [2.45, 2.75) is 18.2 Å². The second-order valence-corrected chi connectivity index (χ2v) is 7.46. The lowest BCUT2D eigenvalue weighted by atomic mass is 10.0. The van der Waals surface area contributed by atoms with Crippen LogP contribution >= 0.6 is 11.8 Å². The van der Waals surface area contributed by atoms with Crippen molar-refractivity contribution in [1.82, 2.24) is 10.3 Å². The Labute approximate surface area is 167 Å². The molecule has 1 atom stereocenters. The van der Waals surface area contributed by atoms with E-state index in [1.807, 2.05) is 19.1 Å². The molecule has 0 aliphatic carbocycles. The Morgan fingerprint density at radius 3 is 1.89 bits per heavy atom. The summed E-state index contributed by atoms with van der Waals surface area (Å²) in [4.78, 5) is 16.4. The van der Waals surface area contributed by atoms with Crippen LogP contribution in [0.5, 0.6) is 0 Å². The van der Waals surface area contributed by atoms with Crippen molar-refractivity contribution in [2.24, 2.45) is 0 Å². The minimum atomic E-state index is -0.324. The van der Waals surface area contributed by atoms with Crippen molar-refractivity contribution in [3.05, 3.63) is 101 Å². The van der Waals surface area contributed by atoms with Gasteiger partial charge in [-0.25, -0.2) is 8.78 Å². The third-order valence-corrected chi connectivity index (χ3v) is 5.62. The molecule has 0 fully saturated rings. The number of aromatic nitrogens is 1. The molecule has 0 radical (unpaired) electrons. The van der Waals surface area contributed by atoms with Crippen LogP contribution in [0.2, 0.25) is 0 Å². The first kappa shape index (κ1) is 20.0. The van der Waals surface area contributed by atoms with Gasteiger partial charge in [-0.2, -0.15) is 0 Å². The van der Waals surface area contributed by atoms with Gasteiger partial charge in [-0.1, -0.05) is 24.3 Å². The number of nitrogens with zero attached hydrogens (tertiary/aromatic N) is 1. The molecular formula is C22H20F2N2OS. The zero-order chi connectivity index (χ0) is 19.9. The van der Waals surface area contributed by atoms with Crippen LogP contribution < -0.4 is 5.32 Å². The van der Waals surface area contributed by atoms with Crippen LogP contribution in [0.3, 0.4) is 0 Å². The van der Waals surface area contributed by atoms with Gasteiger partial charge in [0.05, 0.1) is 17.0 Å². The van der Waals surface area contributed by atoms with E-state index < -0.39 is 0 Å². The predicted molar refractivity (Wildman–Crippen MR) is 108 cm³/mol. The molecule has 144 valence electrons. The molecule has 3 aromatic rings. The molecule has 0 saturated heterocycles. The molecule has 28 heavy (non-hydrogen) atoms. The maximum atomic E-state index is 13.3. The smallest absolute Gasteiger partial charge is 0.230 e. The Hall–Kier alpha value is -2.73. The molecular weight excluding hydrogens is 378 g/mol. The van der Waals surface area contributed by atoms with Gasteiger partial charge in [-0.3, -0.25) is 9.78 Å². The van der Waals surface area contributed by atoms with Crippen molar-refractivity contribution < 1.29 is 13.6 Å². The molecule has 1 aromatic heterocycles. The number of halogens is 2. The van der Waals surface area contributed by atoms with Crippen molar-refractivity contribution in [1.29, 1.82) is 0 Å². The fourth-order valence-electron chi connectivity index (χ4n) is 2.84. The summed E-state index contributed by atoms with van der Waals surface area (Å²) in [6, 6.07) is 15.9. The number of pyridine rings is 1. The van der Waals surface area contributed by atoms with Crippen LogP contribution in [-0.4, -0.2) is 16.6 Å². The summed E-state index contributed by atoms with van der Waals surface area (Å²) in [5.41, 5.74) is 2.68. The molecule has 0 bridgehead atoms. The van der Waals surface area contributed by atoms with Crippen molar-refractivity contribution >= 4 is 17.7 Å². The largest absolute Gasteiger partial charge is 0.349 e. The summed E-state index contributed by atoms with van der Waals surface area (Å²) in [5.74, 6) is -0.538. The van der Waals surface area contributed by atoms with Gasteiger partial charge in [-0.05, 0) is 60.0 Å². The zero-order valence-corrected chi connectivity index (χ0v) is 16.1. The van der Waals surface area contributed by atoms with Gasteiger partial charge in [0.15, 0.2) is 0 Å². The quantitative estimate of drug-likeness (QED) is 0.605. The summed E-state index contributed by atoms with van der Waals surface area (Å²) in [5, 5.41) is 2.76. The minimum absolute atomic E-state index is 0.108. The Morgan fingerprint density at radius 2 is 1.39 bits per heavy atom. The van der Waals surface area contributed by atoms with Crippen LogP contribution in [0.1, 0.15) is 34.9 Å². The van der Waals surface area contributed by atoms with Crippen LogP contribution in [0.15, 0.2) is 73.1 Å². The Bertz CT molecular complexity index is 857. The third-order valence-electron chi connectivity index (χ3n) is 4.31. The monoisotopic (exact) mass is 398 g/mol. The fourth-order valence-corrected chi connectivity index (χ4v) is 3.94. The Kier molecular flexibility index (Phi) is 6.76. The van der Waals surface area contributed by atoms with Crippen LogP contribution in [0.4, 0.5) is 8.78 Å². The fraction of sp³-hybridized carbons (Fsp3) is 0.182. The number of hydrogen-bond acceptors (Lipinski definition) is 3. The van der Waals surface area contributed by atoms with Gasteiger partial charge in [0.2, 0.25) is 5.91 Å². The average molecular weight is 398 g/mol. The van der Waals surface area contributed by atoms with E-state index in [4.69, 9.17) is 0 Å². The molecule has 6 heteroatoms. The molecule has 3 rings (SSSR count). The van der Waals surface area contributed by atoms with Gasteiger partial charge in [-0.15, -0.1) is 11.8 Å². The van der Waals surface area contributed by atoms with E-state index in [2.05, 4.69) is 10.3 Å². The second-order valence-electron chi connectivity index (χ2n) is 6.36. The molecule has 0 saturated carbocycles. The first-order valence-corrected chi connectivity index (χ1v) is 9.89. The number of amides is 1. The van der Waals surface area contributed by atoms with E-state index in [-0.39, 0.29) is 34.6 Å². The normalized spacial score (nSPS) is 12.0. The van der Waals surface area contributed by atoms with Gasteiger partial charge < -0.3 is 5.32 Å². The number of rotatable bonds is 7. The number of benzene rings is 2. The van der Waals surface area contributed by atoms with Gasteiger partial charge >= 0.3 is 0 Å². The Balaban J connectivity index is 1.70. The number of carbonyl (C=O) groups is 1. The Morgan fingerprint density at radius 1 is 0.893 bits per heavy atom. The molecule has 3 nitrogen and oxygen atoms in total. The minimum Gasteiger partial charge on any atom is -0.349 e. The summed E-state index contributed by atoms with van der Waals surface area (Å²) in [6.07, 6.45) is 3.37. The molecule has 0 aliphatic rings. The van der Waals surface area contributed by atoms with E-state index >= 15 is 0 Å². The van der Waals surface area contributed by atoms with Crippen molar-refractivity contribution in [3.63, 3.8) is 0 Å². The van der Waals surface area contributed by atoms with Crippen LogP contribution in [0, 0.1) is 11.6 Å². The van der Waals surface area contributed by atoms with E-state index in [1.54, 1.807) is 36.7 Å². The highest BCUT2D eigenvalue weighted by molar-refractivity contribution is 8.00. The average Bonchev–Trinajstić information content (AvgIpc) is 2.71. The van der Waals surface area contributed by atoms with E-state index in [0.717, 1.165) is 16.7 Å². The van der Waals surface area contributed by atoms with E-state index in [9.17, 15) is 13.6 Å². The summed E-state index contributed by atoms with van der Waals surface area (Å²) < 4.78 is 26.6. The highest BCUT2D eigenvalue weighted by Crippen LogP contribution is 2.35. The lowest BCUT2D eigenvalue weighted by molar-refractivity contribution is -0.119. The second kappa shape index (κ2) is 9.46. The highest BCUT2D eigenvalue weighted by atomic mass is 32.2. The summed E-state index contributed by atoms with van der Waals surface area (Å²) in [6.45, 7) is 1.91. The van der Waals surface area contributed by atoms with Gasteiger partial charge in [0.1, 0.15) is 11.6 Å². The standard InChI is InChI=1S/C22H20F2N2OS/c1-15(16-10-12-25-13-11-16)26-21(27)14-28-22(17-2-6-19(23)7-3-17)18-4-8-20(24)9-5-18/h2-13,15,22H,14H2,1H3,(H,26,27). The third kappa shape index (κ3) is 5.39. The van der Waals surface area contributed by atoms with Gasteiger partial charge in [0.25, 0.3) is 0 Å². The first-order chi connectivity index (χ1) is 13.5.